The predicted molar refractivity (Wildman–Crippen MR) is 98.8 cm³/mol. The van der Waals surface area contributed by atoms with Crippen molar-refractivity contribution in [2.75, 3.05) is 7.11 Å². The molecule has 0 spiro atoms. The predicted octanol–water partition coefficient (Wildman–Crippen LogP) is 5.06. The van der Waals surface area contributed by atoms with E-state index in [9.17, 15) is 4.79 Å². The molecule has 2 unspecified atom stereocenters. The highest BCUT2D eigenvalue weighted by atomic mass is 16.5. The summed E-state index contributed by atoms with van der Waals surface area (Å²) >= 11 is 0. The number of esters is 1. The summed E-state index contributed by atoms with van der Waals surface area (Å²) in [4.78, 5) is 12.1. The lowest BCUT2D eigenvalue weighted by molar-refractivity contribution is -0.142. The second kappa shape index (κ2) is 7.73. The first kappa shape index (κ1) is 17.5. The van der Waals surface area contributed by atoms with Crippen molar-refractivity contribution in [2.45, 2.75) is 45.1 Å². The number of methoxy groups -OCH3 is 1. The number of para-hydroxylation sites is 1. The van der Waals surface area contributed by atoms with Crippen LogP contribution in [0.15, 0.2) is 48.5 Å². The van der Waals surface area contributed by atoms with Crippen LogP contribution in [0.1, 0.15) is 55.2 Å². The Balaban J connectivity index is 1.93. The molecule has 3 heteroatoms. The van der Waals surface area contributed by atoms with E-state index in [-0.39, 0.29) is 11.9 Å². The Bertz CT molecular complexity index is 719. The number of benzene rings is 2. The summed E-state index contributed by atoms with van der Waals surface area (Å²) in [5.74, 6) is 1.44. The number of ether oxygens (including phenoxy) is 2. The zero-order chi connectivity index (χ0) is 17.8. The number of hydrogen-bond donors (Lipinski definition) is 0. The molecule has 2 aromatic rings. The van der Waals surface area contributed by atoms with Gasteiger partial charge in [-0.1, -0.05) is 55.5 Å². The number of carbonyl (C=O) groups excluding carboxylic acids is 1. The van der Waals surface area contributed by atoms with Gasteiger partial charge in [0.1, 0.15) is 12.4 Å². The normalized spacial score (nSPS) is 16.1. The highest BCUT2D eigenvalue weighted by Crippen LogP contribution is 2.46. The Kier molecular flexibility index (Phi) is 5.42. The Morgan fingerprint density at radius 3 is 2.36 bits per heavy atom. The lowest BCUT2D eigenvalue weighted by Gasteiger charge is -2.22. The average Bonchev–Trinajstić information content (AvgIpc) is 3.50. The van der Waals surface area contributed by atoms with Gasteiger partial charge >= 0.3 is 5.97 Å². The van der Waals surface area contributed by atoms with Gasteiger partial charge in [-0.2, -0.15) is 0 Å². The van der Waals surface area contributed by atoms with Gasteiger partial charge in [-0.3, -0.25) is 4.79 Å². The SMILES string of the molecule is COC(=O)C(C)c1cccc(C(C)C2CC2)c1OCc1ccccc1. The van der Waals surface area contributed by atoms with Crippen molar-refractivity contribution in [1.29, 1.82) is 0 Å². The maximum Gasteiger partial charge on any atom is 0.312 e. The molecule has 1 saturated carbocycles. The first-order valence-electron chi connectivity index (χ1n) is 8.99. The van der Waals surface area contributed by atoms with Crippen molar-refractivity contribution >= 4 is 5.97 Å². The molecule has 132 valence electrons. The molecule has 0 radical (unpaired) electrons. The fourth-order valence-corrected chi connectivity index (χ4v) is 3.32. The molecule has 0 aromatic heterocycles. The first-order valence-corrected chi connectivity index (χ1v) is 8.99. The van der Waals surface area contributed by atoms with Gasteiger partial charge in [0, 0.05) is 5.56 Å². The molecule has 0 amide bonds. The Labute approximate surface area is 150 Å². The van der Waals surface area contributed by atoms with Crippen LogP contribution in [-0.2, 0) is 16.1 Å². The lowest BCUT2D eigenvalue weighted by Crippen LogP contribution is -2.14. The molecule has 1 aliphatic carbocycles. The van der Waals surface area contributed by atoms with Crippen LogP contribution in [0.25, 0.3) is 0 Å². The molecule has 3 rings (SSSR count). The van der Waals surface area contributed by atoms with Gasteiger partial charge in [0.25, 0.3) is 0 Å². The molecule has 25 heavy (non-hydrogen) atoms. The van der Waals surface area contributed by atoms with Crippen molar-refractivity contribution in [1.82, 2.24) is 0 Å². The fourth-order valence-electron chi connectivity index (χ4n) is 3.32. The molecule has 1 fully saturated rings. The van der Waals surface area contributed by atoms with Gasteiger partial charge in [-0.05, 0) is 42.7 Å². The summed E-state index contributed by atoms with van der Waals surface area (Å²) in [6, 6.07) is 16.3. The summed E-state index contributed by atoms with van der Waals surface area (Å²) in [5.41, 5.74) is 3.23. The van der Waals surface area contributed by atoms with Crippen LogP contribution >= 0.6 is 0 Å². The Morgan fingerprint density at radius 2 is 1.72 bits per heavy atom. The van der Waals surface area contributed by atoms with E-state index in [1.807, 2.05) is 37.3 Å². The third-order valence-corrected chi connectivity index (χ3v) is 5.14. The average molecular weight is 338 g/mol. The number of carbonyl (C=O) groups is 1. The summed E-state index contributed by atoms with van der Waals surface area (Å²) in [6.07, 6.45) is 2.55. The molecule has 0 aliphatic heterocycles. The summed E-state index contributed by atoms with van der Waals surface area (Å²) in [5, 5.41) is 0. The Morgan fingerprint density at radius 1 is 1.04 bits per heavy atom. The van der Waals surface area contributed by atoms with E-state index < -0.39 is 0 Å². The maximum atomic E-state index is 12.1. The van der Waals surface area contributed by atoms with Crippen LogP contribution in [0, 0.1) is 5.92 Å². The smallest absolute Gasteiger partial charge is 0.312 e. The molecule has 0 N–H and O–H groups in total. The highest BCUT2D eigenvalue weighted by Gasteiger charge is 2.32. The van der Waals surface area contributed by atoms with Gasteiger partial charge < -0.3 is 9.47 Å². The molecule has 1 aliphatic rings. The van der Waals surface area contributed by atoms with E-state index in [0.29, 0.717) is 12.5 Å². The summed E-state index contributed by atoms with van der Waals surface area (Å²) < 4.78 is 11.2. The minimum atomic E-state index is -0.345. The summed E-state index contributed by atoms with van der Waals surface area (Å²) in [7, 11) is 1.43. The van der Waals surface area contributed by atoms with Crippen LogP contribution < -0.4 is 4.74 Å². The van der Waals surface area contributed by atoms with E-state index in [1.54, 1.807) is 0 Å². The van der Waals surface area contributed by atoms with Crippen molar-refractivity contribution in [3.8, 4) is 5.75 Å². The van der Waals surface area contributed by atoms with E-state index in [0.717, 1.165) is 22.8 Å². The zero-order valence-corrected chi connectivity index (χ0v) is 15.2. The van der Waals surface area contributed by atoms with Crippen LogP contribution in [-0.4, -0.2) is 13.1 Å². The van der Waals surface area contributed by atoms with Crippen molar-refractivity contribution in [2.24, 2.45) is 5.92 Å². The minimum Gasteiger partial charge on any atom is -0.488 e. The largest absolute Gasteiger partial charge is 0.488 e. The van der Waals surface area contributed by atoms with Crippen LogP contribution in [0.2, 0.25) is 0 Å². The van der Waals surface area contributed by atoms with Crippen molar-refractivity contribution < 1.29 is 14.3 Å². The highest BCUT2D eigenvalue weighted by molar-refractivity contribution is 5.79. The summed E-state index contributed by atoms with van der Waals surface area (Å²) in [6.45, 7) is 4.63. The standard InChI is InChI=1S/C22H26O3/c1-15(18-12-13-18)19-10-7-11-20(16(2)22(23)24-3)21(19)25-14-17-8-5-4-6-9-17/h4-11,15-16,18H,12-14H2,1-3H3. The zero-order valence-electron chi connectivity index (χ0n) is 15.2. The van der Waals surface area contributed by atoms with Gasteiger partial charge in [0.05, 0.1) is 13.0 Å². The van der Waals surface area contributed by atoms with Crippen molar-refractivity contribution in [3.05, 3.63) is 65.2 Å². The van der Waals surface area contributed by atoms with Crippen LogP contribution in [0.4, 0.5) is 0 Å². The van der Waals surface area contributed by atoms with Crippen LogP contribution in [0.5, 0.6) is 5.75 Å². The van der Waals surface area contributed by atoms with E-state index in [4.69, 9.17) is 9.47 Å². The van der Waals surface area contributed by atoms with Gasteiger partial charge in [0.15, 0.2) is 0 Å². The second-order valence-electron chi connectivity index (χ2n) is 6.91. The topological polar surface area (TPSA) is 35.5 Å². The molecule has 0 bridgehead atoms. The molecule has 2 atom stereocenters. The van der Waals surface area contributed by atoms with E-state index >= 15 is 0 Å². The molecule has 0 heterocycles. The van der Waals surface area contributed by atoms with Crippen molar-refractivity contribution in [3.63, 3.8) is 0 Å². The van der Waals surface area contributed by atoms with E-state index in [1.165, 1.54) is 25.5 Å². The monoisotopic (exact) mass is 338 g/mol. The minimum absolute atomic E-state index is 0.235. The fraction of sp³-hybridized carbons (Fsp3) is 0.409. The van der Waals surface area contributed by atoms with E-state index in [2.05, 4.69) is 25.1 Å². The third-order valence-electron chi connectivity index (χ3n) is 5.14. The van der Waals surface area contributed by atoms with Gasteiger partial charge in [0.2, 0.25) is 0 Å². The second-order valence-corrected chi connectivity index (χ2v) is 6.91. The maximum absolute atomic E-state index is 12.1. The molecule has 2 aromatic carbocycles. The quantitative estimate of drug-likeness (QED) is 0.662. The molecule has 0 saturated heterocycles. The van der Waals surface area contributed by atoms with Crippen LogP contribution in [0.3, 0.4) is 0 Å². The third kappa shape index (κ3) is 4.04. The molecular formula is C22H26O3. The number of hydrogen-bond acceptors (Lipinski definition) is 3. The molecule has 3 nitrogen and oxygen atoms in total. The van der Waals surface area contributed by atoms with Gasteiger partial charge in [-0.25, -0.2) is 0 Å². The van der Waals surface area contributed by atoms with Gasteiger partial charge in [-0.15, -0.1) is 0 Å². The molecular weight excluding hydrogens is 312 g/mol. The Hall–Kier alpha value is -2.29. The lowest BCUT2D eigenvalue weighted by atomic mass is 9.90. The number of rotatable bonds is 7. The first-order chi connectivity index (χ1) is 12.1.